The van der Waals surface area contributed by atoms with E-state index in [1.54, 1.807) is 25.3 Å². The van der Waals surface area contributed by atoms with E-state index >= 15 is 0 Å². The molecule has 2 rings (SSSR count). The summed E-state index contributed by atoms with van der Waals surface area (Å²) in [4.78, 5) is 0. The first-order valence-electron chi connectivity index (χ1n) is 7.32. The molecule has 0 fully saturated rings. The highest BCUT2D eigenvalue weighted by Gasteiger charge is 2.06. The van der Waals surface area contributed by atoms with E-state index < -0.39 is 0 Å². The summed E-state index contributed by atoms with van der Waals surface area (Å²) < 4.78 is 16.7. The zero-order chi connectivity index (χ0) is 16.7. The average Bonchev–Trinajstić information content (AvgIpc) is 2.54. The van der Waals surface area contributed by atoms with Crippen molar-refractivity contribution >= 4 is 6.21 Å². The molecule has 0 aromatic heterocycles. The molecule has 122 valence electrons. The van der Waals surface area contributed by atoms with Crippen molar-refractivity contribution < 1.29 is 19.4 Å². The molecule has 0 bridgehead atoms. The Bertz CT molecular complexity index is 683. The molecule has 0 radical (unpaired) electrons. The van der Waals surface area contributed by atoms with Crippen molar-refractivity contribution in [1.82, 2.24) is 0 Å². The molecule has 5 heteroatoms. The molecule has 23 heavy (non-hydrogen) atoms. The number of ether oxygens (including phenoxy) is 3. The predicted octanol–water partition coefficient (Wildman–Crippen LogP) is 3.58. The Morgan fingerprint density at radius 2 is 1.65 bits per heavy atom. The van der Waals surface area contributed by atoms with Crippen molar-refractivity contribution in [2.24, 2.45) is 5.16 Å². The number of benzene rings is 2. The second-order valence-corrected chi connectivity index (χ2v) is 5.12. The van der Waals surface area contributed by atoms with Crippen LogP contribution in [0, 0.1) is 13.8 Å². The molecule has 0 aliphatic rings. The van der Waals surface area contributed by atoms with Gasteiger partial charge in [0.1, 0.15) is 19.0 Å². The highest BCUT2D eigenvalue weighted by atomic mass is 16.5. The SMILES string of the molecule is COc1cc(C=NO)ccc1OCCOc1ccc(C)cc1C. The van der Waals surface area contributed by atoms with E-state index in [1.807, 2.05) is 19.1 Å². The third-order valence-electron chi connectivity index (χ3n) is 3.32. The lowest BCUT2D eigenvalue weighted by molar-refractivity contribution is 0.210. The lowest BCUT2D eigenvalue weighted by Gasteiger charge is -2.13. The molecule has 0 spiro atoms. The molecule has 2 aromatic carbocycles. The minimum Gasteiger partial charge on any atom is -0.493 e. The van der Waals surface area contributed by atoms with Crippen LogP contribution in [0.4, 0.5) is 0 Å². The van der Waals surface area contributed by atoms with Gasteiger partial charge in [0.2, 0.25) is 0 Å². The van der Waals surface area contributed by atoms with E-state index in [4.69, 9.17) is 19.4 Å². The second kappa shape index (κ2) is 8.08. The quantitative estimate of drug-likeness (QED) is 0.367. The van der Waals surface area contributed by atoms with Gasteiger partial charge in [0.05, 0.1) is 13.3 Å². The largest absolute Gasteiger partial charge is 0.493 e. The fourth-order valence-electron chi connectivity index (χ4n) is 2.21. The van der Waals surface area contributed by atoms with Crippen molar-refractivity contribution in [3.05, 3.63) is 53.1 Å². The molecule has 0 atom stereocenters. The standard InChI is InChI=1S/C18H21NO4/c1-13-4-6-16(14(2)10-13)22-8-9-23-17-7-5-15(12-19-20)11-18(17)21-3/h4-7,10-12,20H,8-9H2,1-3H3. The Kier molecular flexibility index (Phi) is 5.86. The summed E-state index contributed by atoms with van der Waals surface area (Å²) in [5, 5.41) is 11.5. The molecule has 0 heterocycles. The van der Waals surface area contributed by atoms with E-state index in [1.165, 1.54) is 11.8 Å². The Labute approximate surface area is 136 Å². The van der Waals surface area contributed by atoms with Crippen LogP contribution in [0.15, 0.2) is 41.6 Å². The first kappa shape index (κ1) is 16.7. The normalized spacial score (nSPS) is 10.7. The summed E-state index contributed by atoms with van der Waals surface area (Å²) in [6, 6.07) is 11.4. The number of hydrogen-bond acceptors (Lipinski definition) is 5. The summed E-state index contributed by atoms with van der Waals surface area (Å²) in [6.45, 7) is 4.91. The fourth-order valence-corrected chi connectivity index (χ4v) is 2.21. The smallest absolute Gasteiger partial charge is 0.161 e. The third kappa shape index (κ3) is 4.64. The summed E-state index contributed by atoms with van der Waals surface area (Å²) in [6.07, 6.45) is 1.33. The van der Waals surface area contributed by atoms with Crippen LogP contribution in [0.5, 0.6) is 17.2 Å². The number of oxime groups is 1. The zero-order valence-corrected chi connectivity index (χ0v) is 13.6. The molecule has 5 nitrogen and oxygen atoms in total. The number of methoxy groups -OCH3 is 1. The maximum Gasteiger partial charge on any atom is 0.161 e. The van der Waals surface area contributed by atoms with E-state index in [2.05, 4.69) is 18.1 Å². The van der Waals surface area contributed by atoms with Crippen molar-refractivity contribution in [2.45, 2.75) is 13.8 Å². The molecule has 0 saturated heterocycles. The van der Waals surface area contributed by atoms with Gasteiger partial charge in [0.25, 0.3) is 0 Å². The first-order chi connectivity index (χ1) is 11.1. The van der Waals surface area contributed by atoms with E-state index in [-0.39, 0.29) is 0 Å². The fraction of sp³-hybridized carbons (Fsp3) is 0.278. The van der Waals surface area contributed by atoms with E-state index in [0.717, 1.165) is 16.9 Å². The van der Waals surface area contributed by atoms with Gasteiger partial charge in [-0.15, -0.1) is 0 Å². The van der Waals surface area contributed by atoms with Gasteiger partial charge in [-0.25, -0.2) is 0 Å². The molecule has 0 aliphatic heterocycles. The maximum absolute atomic E-state index is 8.55. The Balaban J connectivity index is 1.91. The average molecular weight is 315 g/mol. The van der Waals surface area contributed by atoms with Gasteiger partial charge in [-0.1, -0.05) is 22.9 Å². The van der Waals surface area contributed by atoms with Gasteiger partial charge in [0, 0.05) is 5.56 Å². The Morgan fingerprint density at radius 1 is 0.957 bits per heavy atom. The van der Waals surface area contributed by atoms with Crippen molar-refractivity contribution in [2.75, 3.05) is 20.3 Å². The topological polar surface area (TPSA) is 60.3 Å². The molecule has 0 saturated carbocycles. The Morgan fingerprint density at radius 3 is 2.30 bits per heavy atom. The van der Waals surface area contributed by atoms with Crippen molar-refractivity contribution in [3.8, 4) is 17.2 Å². The molecule has 0 unspecified atom stereocenters. The van der Waals surface area contributed by atoms with Crippen molar-refractivity contribution in [3.63, 3.8) is 0 Å². The highest BCUT2D eigenvalue weighted by molar-refractivity contribution is 5.80. The van der Waals surface area contributed by atoms with E-state index in [9.17, 15) is 0 Å². The number of aryl methyl sites for hydroxylation is 2. The molecule has 2 aromatic rings. The predicted molar refractivity (Wildman–Crippen MR) is 89.3 cm³/mol. The summed E-state index contributed by atoms with van der Waals surface area (Å²) in [5.74, 6) is 2.06. The van der Waals surface area contributed by atoms with Gasteiger partial charge in [0.15, 0.2) is 11.5 Å². The van der Waals surface area contributed by atoms with Gasteiger partial charge < -0.3 is 19.4 Å². The lowest BCUT2D eigenvalue weighted by atomic mass is 10.1. The van der Waals surface area contributed by atoms with E-state index in [0.29, 0.717) is 24.7 Å². The molecular formula is C18H21NO4. The number of nitrogens with zero attached hydrogens (tertiary/aromatic N) is 1. The van der Waals surface area contributed by atoms with Crippen LogP contribution in [0.1, 0.15) is 16.7 Å². The Hall–Kier alpha value is -2.69. The lowest BCUT2D eigenvalue weighted by Crippen LogP contribution is -2.10. The van der Waals surface area contributed by atoms with Crippen molar-refractivity contribution in [1.29, 1.82) is 0 Å². The summed E-state index contributed by atoms with van der Waals surface area (Å²) in [7, 11) is 1.56. The monoisotopic (exact) mass is 315 g/mol. The van der Waals surface area contributed by atoms with Crippen LogP contribution in [0.25, 0.3) is 0 Å². The van der Waals surface area contributed by atoms with Crippen LogP contribution in [-0.2, 0) is 0 Å². The van der Waals surface area contributed by atoms with Gasteiger partial charge in [-0.3, -0.25) is 0 Å². The zero-order valence-electron chi connectivity index (χ0n) is 13.6. The third-order valence-corrected chi connectivity index (χ3v) is 3.32. The van der Waals surface area contributed by atoms with Gasteiger partial charge in [-0.2, -0.15) is 0 Å². The summed E-state index contributed by atoms with van der Waals surface area (Å²) >= 11 is 0. The van der Waals surface area contributed by atoms with Crippen LogP contribution in [0.2, 0.25) is 0 Å². The molecule has 0 aliphatic carbocycles. The van der Waals surface area contributed by atoms with Crippen LogP contribution in [-0.4, -0.2) is 31.7 Å². The van der Waals surface area contributed by atoms with Crippen LogP contribution < -0.4 is 14.2 Å². The van der Waals surface area contributed by atoms with Crippen LogP contribution >= 0.6 is 0 Å². The number of hydrogen-bond donors (Lipinski definition) is 1. The molecule has 0 amide bonds. The number of rotatable bonds is 7. The molecular weight excluding hydrogens is 294 g/mol. The maximum atomic E-state index is 8.55. The minimum atomic E-state index is 0.400. The van der Waals surface area contributed by atoms with Crippen LogP contribution in [0.3, 0.4) is 0 Å². The highest BCUT2D eigenvalue weighted by Crippen LogP contribution is 2.27. The summed E-state index contributed by atoms with van der Waals surface area (Å²) in [5.41, 5.74) is 3.04. The minimum absolute atomic E-state index is 0.400. The first-order valence-corrected chi connectivity index (χ1v) is 7.32. The van der Waals surface area contributed by atoms with Gasteiger partial charge in [-0.05, 0) is 43.7 Å². The second-order valence-electron chi connectivity index (χ2n) is 5.12. The molecule has 1 N–H and O–H groups in total. The van der Waals surface area contributed by atoms with Gasteiger partial charge >= 0.3 is 0 Å².